The Morgan fingerprint density at radius 1 is 1.67 bits per heavy atom. The summed E-state index contributed by atoms with van der Waals surface area (Å²) in [6.45, 7) is 3.57. The van der Waals surface area contributed by atoms with Gasteiger partial charge in [0.1, 0.15) is 6.29 Å². The Labute approximate surface area is 72.5 Å². The summed E-state index contributed by atoms with van der Waals surface area (Å²) in [7, 11) is 0. The van der Waals surface area contributed by atoms with E-state index in [4.69, 9.17) is 5.73 Å². The fourth-order valence-corrected chi connectivity index (χ4v) is 0.808. The maximum absolute atomic E-state index is 11.1. The van der Waals surface area contributed by atoms with Crippen LogP contribution in [0, 0.1) is 0 Å². The molecular formula is C8H16N2O2. The summed E-state index contributed by atoms with van der Waals surface area (Å²) in [5.41, 5.74) is 5.50. The number of rotatable bonds is 5. The highest BCUT2D eigenvalue weighted by atomic mass is 16.2. The van der Waals surface area contributed by atoms with E-state index in [1.807, 2.05) is 6.92 Å². The Balaban J connectivity index is 3.78. The van der Waals surface area contributed by atoms with Crippen LogP contribution in [-0.2, 0) is 9.59 Å². The van der Waals surface area contributed by atoms with Crippen molar-refractivity contribution in [2.45, 2.75) is 38.8 Å². The summed E-state index contributed by atoms with van der Waals surface area (Å²) >= 11 is 0. The molecule has 0 unspecified atom stereocenters. The molecule has 0 fully saturated rings. The summed E-state index contributed by atoms with van der Waals surface area (Å²) in [5.74, 6) is -0.253. The summed E-state index contributed by atoms with van der Waals surface area (Å²) in [4.78, 5) is 21.3. The highest BCUT2D eigenvalue weighted by Crippen LogP contribution is 1.93. The molecule has 0 spiro atoms. The van der Waals surface area contributed by atoms with Crippen molar-refractivity contribution in [3.8, 4) is 0 Å². The predicted molar refractivity (Wildman–Crippen MR) is 46.6 cm³/mol. The standard InChI is InChI=1S/C8H16N2O2/c1-3-4-7(9)8(12)10-6(2)5-11/h5-7H,3-4,9H2,1-2H3,(H,10,12)/t6-,7-/m0/s1. The van der Waals surface area contributed by atoms with Gasteiger partial charge in [0.25, 0.3) is 0 Å². The van der Waals surface area contributed by atoms with Crippen LogP contribution in [0.25, 0.3) is 0 Å². The van der Waals surface area contributed by atoms with Gasteiger partial charge in [-0.1, -0.05) is 13.3 Å². The van der Waals surface area contributed by atoms with Crippen LogP contribution >= 0.6 is 0 Å². The maximum atomic E-state index is 11.1. The quantitative estimate of drug-likeness (QED) is 0.565. The van der Waals surface area contributed by atoms with E-state index in [1.54, 1.807) is 6.92 Å². The second-order valence-corrected chi connectivity index (χ2v) is 2.83. The largest absolute Gasteiger partial charge is 0.346 e. The molecule has 1 amide bonds. The summed E-state index contributed by atoms with van der Waals surface area (Å²) in [6, 6.07) is -0.933. The molecule has 0 aromatic rings. The van der Waals surface area contributed by atoms with Crippen LogP contribution in [0.3, 0.4) is 0 Å². The van der Waals surface area contributed by atoms with Gasteiger partial charge in [-0.2, -0.15) is 0 Å². The zero-order valence-corrected chi connectivity index (χ0v) is 7.54. The molecule has 3 N–H and O–H groups in total. The smallest absolute Gasteiger partial charge is 0.237 e. The molecule has 0 heterocycles. The molecule has 0 aliphatic rings. The third-order valence-corrected chi connectivity index (χ3v) is 1.51. The molecule has 0 bridgehead atoms. The summed E-state index contributed by atoms with van der Waals surface area (Å²) in [6.07, 6.45) is 2.19. The molecule has 2 atom stereocenters. The fraction of sp³-hybridized carbons (Fsp3) is 0.750. The Morgan fingerprint density at radius 2 is 2.25 bits per heavy atom. The first-order valence-electron chi connectivity index (χ1n) is 4.13. The van der Waals surface area contributed by atoms with Gasteiger partial charge in [-0.25, -0.2) is 0 Å². The molecular weight excluding hydrogens is 156 g/mol. The summed E-state index contributed by atoms with van der Waals surface area (Å²) in [5, 5.41) is 2.48. The van der Waals surface area contributed by atoms with Crippen LogP contribution in [-0.4, -0.2) is 24.3 Å². The molecule has 0 rings (SSSR count). The first kappa shape index (κ1) is 11.1. The van der Waals surface area contributed by atoms with Gasteiger partial charge in [-0.15, -0.1) is 0 Å². The lowest BCUT2D eigenvalue weighted by Gasteiger charge is -2.12. The molecule has 4 nitrogen and oxygen atoms in total. The topological polar surface area (TPSA) is 72.2 Å². The van der Waals surface area contributed by atoms with E-state index in [2.05, 4.69) is 5.32 Å². The number of hydrogen-bond donors (Lipinski definition) is 2. The van der Waals surface area contributed by atoms with Crippen LogP contribution in [0.1, 0.15) is 26.7 Å². The number of aldehydes is 1. The average Bonchev–Trinajstić information content (AvgIpc) is 2.04. The fourth-order valence-electron chi connectivity index (χ4n) is 0.808. The molecule has 0 aromatic heterocycles. The SMILES string of the molecule is CCC[C@H](N)C(=O)N[C@@H](C)C=O. The second-order valence-electron chi connectivity index (χ2n) is 2.83. The number of carbonyl (C=O) groups is 2. The zero-order chi connectivity index (χ0) is 9.56. The number of carbonyl (C=O) groups excluding carboxylic acids is 2. The van der Waals surface area contributed by atoms with Crippen molar-refractivity contribution in [2.75, 3.05) is 0 Å². The van der Waals surface area contributed by atoms with Crippen LogP contribution in [0.4, 0.5) is 0 Å². The Kier molecular flexibility index (Phi) is 5.28. The lowest BCUT2D eigenvalue weighted by molar-refractivity contribution is -0.125. The molecule has 0 saturated heterocycles. The van der Waals surface area contributed by atoms with Crippen molar-refractivity contribution in [3.63, 3.8) is 0 Å². The van der Waals surface area contributed by atoms with E-state index in [0.717, 1.165) is 6.42 Å². The molecule has 12 heavy (non-hydrogen) atoms. The number of hydrogen-bond acceptors (Lipinski definition) is 3. The van der Waals surface area contributed by atoms with Gasteiger partial charge < -0.3 is 15.8 Å². The highest BCUT2D eigenvalue weighted by Gasteiger charge is 2.13. The van der Waals surface area contributed by atoms with Crippen molar-refractivity contribution in [1.29, 1.82) is 0 Å². The molecule has 0 aromatic carbocycles. The summed E-state index contributed by atoms with van der Waals surface area (Å²) < 4.78 is 0. The second kappa shape index (κ2) is 5.71. The van der Waals surface area contributed by atoms with Crippen LogP contribution in [0.2, 0.25) is 0 Å². The third-order valence-electron chi connectivity index (χ3n) is 1.51. The van der Waals surface area contributed by atoms with Crippen LogP contribution in [0.5, 0.6) is 0 Å². The molecule has 4 heteroatoms. The van der Waals surface area contributed by atoms with Crippen molar-refractivity contribution < 1.29 is 9.59 Å². The number of amides is 1. The minimum Gasteiger partial charge on any atom is -0.346 e. The van der Waals surface area contributed by atoms with E-state index in [-0.39, 0.29) is 5.91 Å². The monoisotopic (exact) mass is 172 g/mol. The van der Waals surface area contributed by atoms with Gasteiger partial charge in [0, 0.05) is 0 Å². The van der Waals surface area contributed by atoms with Crippen molar-refractivity contribution in [1.82, 2.24) is 5.32 Å². The predicted octanol–water partition coefficient (Wildman–Crippen LogP) is -0.183. The maximum Gasteiger partial charge on any atom is 0.237 e. The first-order chi connectivity index (χ1) is 5.61. The number of nitrogens with two attached hydrogens (primary N) is 1. The Bertz CT molecular complexity index is 159. The van der Waals surface area contributed by atoms with E-state index in [9.17, 15) is 9.59 Å². The van der Waals surface area contributed by atoms with Gasteiger partial charge in [0.05, 0.1) is 12.1 Å². The van der Waals surface area contributed by atoms with Crippen molar-refractivity contribution in [2.24, 2.45) is 5.73 Å². The average molecular weight is 172 g/mol. The minimum atomic E-state index is -0.489. The van der Waals surface area contributed by atoms with Gasteiger partial charge in [-0.05, 0) is 13.3 Å². The number of nitrogens with one attached hydrogen (secondary N) is 1. The van der Waals surface area contributed by atoms with E-state index < -0.39 is 12.1 Å². The Hall–Kier alpha value is -0.900. The van der Waals surface area contributed by atoms with Crippen LogP contribution in [0.15, 0.2) is 0 Å². The van der Waals surface area contributed by atoms with E-state index in [1.165, 1.54) is 0 Å². The highest BCUT2D eigenvalue weighted by molar-refractivity contribution is 5.83. The van der Waals surface area contributed by atoms with Crippen molar-refractivity contribution in [3.05, 3.63) is 0 Å². The van der Waals surface area contributed by atoms with E-state index in [0.29, 0.717) is 12.7 Å². The molecule has 0 aliphatic heterocycles. The lowest BCUT2D eigenvalue weighted by atomic mass is 10.1. The van der Waals surface area contributed by atoms with Gasteiger partial charge in [0.15, 0.2) is 0 Å². The van der Waals surface area contributed by atoms with Crippen LogP contribution < -0.4 is 11.1 Å². The van der Waals surface area contributed by atoms with Gasteiger partial charge in [-0.3, -0.25) is 4.79 Å². The molecule has 0 radical (unpaired) electrons. The lowest BCUT2D eigenvalue weighted by Crippen LogP contribution is -2.44. The van der Waals surface area contributed by atoms with Gasteiger partial charge in [0.2, 0.25) is 5.91 Å². The first-order valence-corrected chi connectivity index (χ1v) is 4.13. The molecule has 70 valence electrons. The van der Waals surface area contributed by atoms with Crippen molar-refractivity contribution >= 4 is 12.2 Å². The normalized spacial score (nSPS) is 14.9. The minimum absolute atomic E-state index is 0.253. The molecule has 0 saturated carbocycles. The third kappa shape index (κ3) is 4.08. The molecule has 0 aliphatic carbocycles. The van der Waals surface area contributed by atoms with Gasteiger partial charge >= 0.3 is 0 Å². The zero-order valence-electron chi connectivity index (χ0n) is 7.54. The Morgan fingerprint density at radius 3 is 2.67 bits per heavy atom. The van der Waals surface area contributed by atoms with E-state index >= 15 is 0 Å².